The van der Waals surface area contributed by atoms with Gasteiger partial charge >= 0.3 is 0 Å². The van der Waals surface area contributed by atoms with Gasteiger partial charge in [0.05, 0.1) is 5.56 Å². The number of aromatic nitrogens is 3. The number of nitrogens with one attached hydrogen (secondary N) is 1. The lowest BCUT2D eigenvalue weighted by Gasteiger charge is -2.09. The second-order valence-corrected chi connectivity index (χ2v) is 5.21. The Morgan fingerprint density at radius 1 is 1.27 bits per heavy atom. The van der Waals surface area contributed by atoms with E-state index >= 15 is 0 Å². The van der Waals surface area contributed by atoms with Gasteiger partial charge in [-0.15, -0.1) is 0 Å². The maximum atomic E-state index is 12.3. The fourth-order valence-corrected chi connectivity index (χ4v) is 2.16. The van der Waals surface area contributed by atoms with Crippen molar-refractivity contribution in [2.45, 2.75) is 6.92 Å². The van der Waals surface area contributed by atoms with Gasteiger partial charge in [0.1, 0.15) is 0 Å². The van der Waals surface area contributed by atoms with E-state index in [2.05, 4.69) is 15.4 Å². The summed E-state index contributed by atoms with van der Waals surface area (Å²) in [6, 6.07) is 10.6. The molecule has 0 fully saturated rings. The molecule has 110 valence electrons. The quantitative estimate of drug-likeness (QED) is 0.805. The molecule has 0 aliphatic heterocycles. The fraction of sp³-hybridized carbons (Fsp3) is 0.0625. The highest BCUT2D eigenvalue weighted by atomic mass is 35.5. The number of carbonyl (C=O) groups is 1. The van der Waals surface area contributed by atoms with Crippen LogP contribution in [0.5, 0.6) is 0 Å². The third kappa shape index (κ3) is 2.99. The van der Waals surface area contributed by atoms with Gasteiger partial charge in [-0.1, -0.05) is 17.7 Å². The molecule has 6 heteroatoms. The number of hydrogen-bond donors (Lipinski definition) is 1. The van der Waals surface area contributed by atoms with Crippen LogP contribution in [0.4, 0.5) is 5.69 Å². The van der Waals surface area contributed by atoms with Gasteiger partial charge in [-0.25, -0.2) is 9.67 Å². The predicted molar refractivity (Wildman–Crippen MR) is 85.5 cm³/mol. The highest BCUT2D eigenvalue weighted by Crippen LogP contribution is 2.20. The predicted octanol–water partition coefficient (Wildman–Crippen LogP) is 3.48. The van der Waals surface area contributed by atoms with Crippen molar-refractivity contribution in [1.29, 1.82) is 0 Å². The Morgan fingerprint density at radius 2 is 2.14 bits per heavy atom. The number of hydrogen-bond acceptors (Lipinski definition) is 3. The van der Waals surface area contributed by atoms with Gasteiger partial charge in [-0.05, 0) is 42.8 Å². The second-order valence-electron chi connectivity index (χ2n) is 4.77. The van der Waals surface area contributed by atoms with E-state index in [1.807, 2.05) is 19.1 Å². The molecule has 3 rings (SSSR count). The van der Waals surface area contributed by atoms with Crippen molar-refractivity contribution in [3.05, 3.63) is 71.1 Å². The molecule has 0 unspecified atom stereocenters. The van der Waals surface area contributed by atoms with Crippen LogP contribution in [-0.4, -0.2) is 20.7 Å². The van der Waals surface area contributed by atoms with Gasteiger partial charge in [0.15, 0.2) is 5.82 Å². The van der Waals surface area contributed by atoms with Crippen LogP contribution >= 0.6 is 11.6 Å². The summed E-state index contributed by atoms with van der Waals surface area (Å²) in [6.07, 6.45) is 4.98. The van der Waals surface area contributed by atoms with Gasteiger partial charge < -0.3 is 5.32 Å². The van der Waals surface area contributed by atoms with Crippen LogP contribution in [0.1, 0.15) is 15.9 Å². The number of amides is 1. The summed E-state index contributed by atoms with van der Waals surface area (Å²) in [5, 5.41) is 7.50. The van der Waals surface area contributed by atoms with E-state index in [0.29, 0.717) is 22.1 Å². The number of rotatable bonds is 3. The lowest BCUT2D eigenvalue weighted by atomic mass is 10.2. The van der Waals surface area contributed by atoms with E-state index in [1.54, 1.807) is 41.3 Å². The zero-order valence-corrected chi connectivity index (χ0v) is 12.6. The number of pyridine rings is 1. The van der Waals surface area contributed by atoms with Crippen molar-refractivity contribution in [2.24, 2.45) is 0 Å². The van der Waals surface area contributed by atoms with E-state index < -0.39 is 0 Å². The summed E-state index contributed by atoms with van der Waals surface area (Å²) in [6.45, 7) is 1.91. The topological polar surface area (TPSA) is 59.8 Å². The molecule has 0 radical (unpaired) electrons. The Hall–Kier alpha value is -2.66. The molecular formula is C16H13ClN4O. The molecule has 0 saturated carbocycles. The van der Waals surface area contributed by atoms with Gasteiger partial charge in [-0.2, -0.15) is 5.10 Å². The minimum absolute atomic E-state index is 0.232. The molecule has 0 aliphatic rings. The largest absolute Gasteiger partial charge is 0.322 e. The third-order valence-electron chi connectivity index (χ3n) is 3.20. The molecule has 0 atom stereocenters. The summed E-state index contributed by atoms with van der Waals surface area (Å²) in [4.78, 5) is 16.5. The number of benzene rings is 1. The first-order chi connectivity index (χ1) is 10.6. The minimum atomic E-state index is -0.232. The van der Waals surface area contributed by atoms with E-state index in [4.69, 9.17) is 11.6 Å². The number of aryl methyl sites for hydroxylation is 1. The molecule has 5 nitrogen and oxygen atoms in total. The van der Waals surface area contributed by atoms with Crippen LogP contribution in [0, 0.1) is 6.92 Å². The van der Waals surface area contributed by atoms with Gasteiger partial charge in [0, 0.05) is 29.3 Å². The van der Waals surface area contributed by atoms with Crippen molar-refractivity contribution in [2.75, 3.05) is 5.32 Å². The first-order valence-corrected chi connectivity index (χ1v) is 7.05. The lowest BCUT2D eigenvalue weighted by molar-refractivity contribution is 0.102. The monoisotopic (exact) mass is 312 g/mol. The van der Waals surface area contributed by atoms with E-state index in [-0.39, 0.29) is 5.91 Å². The van der Waals surface area contributed by atoms with Crippen LogP contribution in [0.15, 0.2) is 55.0 Å². The molecule has 2 aromatic heterocycles. The standard InChI is InChI=1S/C16H13ClN4O/c1-11-3-5-13(17)9-14(11)20-16(22)12-4-6-15(18-10-12)21-8-2-7-19-21/h2-10H,1H3,(H,20,22). The van der Waals surface area contributed by atoms with Crippen molar-refractivity contribution < 1.29 is 4.79 Å². The average Bonchev–Trinajstić information content (AvgIpc) is 3.05. The van der Waals surface area contributed by atoms with E-state index in [0.717, 1.165) is 5.56 Å². The summed E-state index contributed by atoms with van der Waals surface area (Å²) in [5.41, 5.74) is 2.10. The average molecular weight is 313 g/mol. The Labute approximate surface area is 132 Å². The minimum Gasteiger partial charge on any atom is -0.322 e. The number of halogens is 1. The molecule has 3 aromatic rings. The summed E-state index contributed by atoms with van der Waals surface area (Å²) < 4.78 is 1.63. The van der Waals surface area contributed by atoms with Crippen LogP contribution in [0.25, 0.3) is 5.82 Å². The smallest absolute Gasteiger partial charge is 0.257 e. The van der Waals surface area contributed by atoms with Crippen LogP contribution < -0.4 is 5.32 Å². The zero-order chi connectivity index (χ0) is 15.5. The number of carbonyl (C=O) groups excluding carboxylic acids is 1. The molecule has 0 aliphatic carbocycles. The summed E-state index contributed by atoms with van der Waals surface area (Å²) in [7, 11) is 0. The van der Waals surface area contributed by atoms with E-state index in [9.17, 15) is 4.79 Å². The number of anilines is 1. The van der Waals surface area contributed by atoms with Gasteiger partial charge in [-0.3, -0.25) is 4.79 Å². The van der Waals surface area contributed by atoms with Crippen LogP contribution in [0.2, 0.25) is 5.02 Å². The highest BCUT2D eigenvalue weighted by Gasteiger charge is 2.09. The molecule has 2 heterocycles. The first kappa shape index (κ1) is 14.3. The molecule has 0 bridgehead atoms. The maximum absolute atomic E-state index is 12.3. The van der Waals surface area contributed by atoms with Crippen LogP contribution in [-0.2, 0) is 0 Å². The normalized spacial score (nSPS) is 10.5. The Kier molecular flexibility index (Phi) is 3.89. The van der Waals surface area contributed by atoms with E-state index in [1.165, 1.54) is 6.20 Å². The van der Waals surface area contributed by atoms with Crippen LogP contribution in [0.3, 0.4) is 0 Å². The SMILES string of the molecule is Cc1ccc(Cl)cc1NC(=O)c1ccc(-n2cccn2)nc1. The Morgan fingerprint density at radius 3 is 2.82 bits per heavy atom. The highest BCUT2D eigenvalue weighted by molar-refractivity contribution is 6.31. The molecular weight excluding hydrogens is 300 g/mol. The maximum Gasteiger partial charge on any atom is 0.257 e. The Bertz CT molecular complexity index is 798. The molecule has 1 amide bonds. The second kappa shape index (κ2) is 5.99. The first-order valence-electron chi connectivity index (χ1n) is 6.67. The molecule has 0 saturated heterocycles. The molecule has 0 spiro atoms. The summed E-state index contributed by atoms with van der Waals surface area (Å²) in [5.74, 6) is 0.422. The van der Waals surface area contributed by atoms with Gasteiger partial charge in [0.2, 0.25) is 0 Å². The summed E-state index contributed by atoms with van der Waals surface area (Å²) >= 11 is 5.95. The van der Waals surface area contributed by atoms with Gasteiger partial charge in [0.25, 0.3) is 5.91 Å². The molecule has 1 N–H and O–H groups in total. The fourth-order valence-electron chi connectivity index (χ4n) is 1.98. The zero-order valence-electron chi connectivity index (χ0n) is 11.8. The van der Waals surface area contributed by atoms with Crippen molar-refractivity contribution in [3.63, 3.8) is 0 Å². The molecule has 22 heavy (non-hydrogen) atoms. The number of nitrogens with zero attached hydrogens (tertiary/aromatic N) is 3. The lowest BCUT2D eigenvalue weighted by Crippen LogP contribution is -2.13. The molecule has 1 aromatic carbocycles. The van der Waals surface area contributed by atoms with Crippen molar-refractivity contribution in [3.8, 4) is 5.82 Å². The third-order valence-corrected chi connectivity index (χ3v) is 3.43. The van der Waals surface area contributed by atoms with Crippen molar-refractivity contribution >= 4 is 23.2 Å². The Balaban J connectivity index is 1.79. The van der Waals surface area contributed by atoms with Crippen molar-refractivity contribution in [1.82, 2.24) is 14.8 Å².